The van der Waals surface area contributed by atoms with Gasteiger partial charge >= 0.3 is 0 Å². The van der Waals surface area contributed by atoms with Crippen molar-refractivity contribution >= 4 is 17.6 Å². The summed E-state index contributed by atoms with van der Waals surface area (Å²) in [5.74, 6) is 0.524. The van der Waals surface area contributed by atoms with Crippen LogP contribution >= 0.6 is 0 Å². The maximum atomic E-state index is 13.5. The number of rotatable bonds is 7. The van der Waals surface area contributed by atoms with Crippen molar-refractivity contribution in [3.8, 4) is 11.5 Å². The minimum absolute atomic E-state index is 0.206. The first-order valence-electron chi connectivity index (χ1n) is 8.92. The number of hydrogen-bond donors (Lipinski definition) is 0. The molecule has 0 heterocycles. The molecule has 0 N–H and O–H groups in total. The second kappa shape index (κ2) is 9.04. The molecule has 5 heteroatoms. The van der Waals surface area contributed by atoms with Gasteiger partial charge in [-0.25, -0.2) is 4.39 Å². The van der Waals surface area contributed by atoms with Crippen LogP contribution in [0.4, 0.5) is 15.8 Å². The van der Waals surface area contributed by atoms with Gasteiger partial charge in [0.05, 0.1) is 12.8 Å². The molecule has 3 aromatic carbocycles. The van der Waals surface area contributed by atoms with Crippen LogP contribution in [0.25, 0.3) is 0 Å². The third kappa shape index (κ3) is 4.88. The Bertz CT molecular complexity index is 953. The van der Waals surface area contributed by atoms with Gasteiger partial charge in [0.1, 0.15) is 12.4 Å². The lowest BCUT2D eigenvalue weighted by molar-refractivity contribution is 0.304. The Kier molecular flexibility index (Phi) is 6.27. The normalized spacial score (nSPS) is 10.9. The first-order valence-corrected chi connectivity index (χ1v) is 8.92. The van der Waals surface area contributed by atoms with E-state index in [1.165, 1.54) is 13.2 Å². The smallest absolute Gasteiger partial charge is 0.165 e. The van der Waals surface area contributed by atoms with Crippen LogP contribution in [0.2, 0.25) is 0 Å². The lowest BCUT2D eigenvalue weighted by atomic mass is 10.2. The fourth-order valence-corrected chi connectivity index (χ4v) is 2.65. The summed E-state index contributed by atoms with van der Waals surface area (Å²) in [6.07, 6.45) is 1.78. The molecule has 3 rings (SSSR count). The number of aliphatic imine (C=N–C) groups is 1. The van der Waals surface area contributed by atoms with E-state index in [1.54, 1.807) is 18.3 Å². The van der Waals surface area contributed by atoms with Gasteiger partial charge in [0.2, 0.25) is 0 Å². The van der Waals surface area contributed by atoms with Crippen molar-refractivity contribution < 1.29 is 13.9 Å². The van der Waals surface area contributed by atoms with E-state index in [0.717, 1.165) is 22.5 Å². The minimum Gasteiger partial charge on any atom is -0.494 e. The topological polar surface area (TPSA) is 34.1 Å². The molecule has 0 unspecified atom stereocenters. The van der Waals surface area contributed by atoms with Crippen molar-refractivity contribution in [2.75, 3.05) is 26.1 Å². The first-order chi connectivity index (χ1) is 13.6. The van der Waals surface area contributed by atoms with Gasteiger partial charge in [-0.05, 0) is 54.1 Å². The molecular weight excluding hydrogens is 355 g/mol. The molecule has 0 amide bonds. The van der Waals surface area contributed by atoms with Crippen LogP contribution in [0.3, 0.4) is 0 Å². The summed E-state index contributed by atoms with van der Waals surface area (Å²) in [5.41, 5.74) is 3.68. The van der Waals surface area contributed by atoms with E-state index in [-0.39, 0.29) is 11.6 Å². The maximum Gasteiger partial charge on any atom is 0.165 e. The zero-order valence-corrected chi connectivity index (χ0v) is 16.2. The number of halogens is 1. The molecule has 0 aromatic heterocycles. The quantitative estimate of drug-likeness (QED) is 0.528. The van der Waals surface area contributed by atoms with Crippen molar-refractivity contribution in [3.63, 3.8) is 0 Å². The van der Waals surface area contributed by atoms with Gasteiger partial charge in [-0.15, -0.1) is 0 Å². The van der Waals surface area contributed by atoms with Crippen LogP contribution < -0.4 is 14.4 Å². The zero-order valence-electron chi connectivity index (χ0n) is 16.2. The van der Waals surface area contributed by atoms with Crippen molar-refractivity contribution in [3.05, 3.63) is 83.7 Å². The van der Waals surface area contributed by atoms with E-state index < -0.39 is 0 Å². The van der Waals surface area contributed by atoms with Gasteiger partial charge in [0, 0.05) is 31.6 Å². The summed E-state index contributed by atoms with van der Waals surface area (Å²) in [5, 5.41) is 0. The summed E-state index contributed by atoms with van der Waals surface area (Å²) < 4.78 is 24.5. The van der Waals surface area contributed by atoms with E-state index in [1.807, 2.05) is 67.5 Å². The van der Waals surface area contributed by atoms with Crippen molar-refractivity contribution in [1.29, 1.82) is 0 Å². The Labute approximate surface area is 164 Å². The molecule has 0 aliphatic heterocycles. The van der Waals surface area contributed by atoms with E-state index in [4.69, 9.17) is 9.47 Å². The molecule has 0 radical (unpaired) electrons. The third-order valence-electron chi connectivity index (χ3n) is 4.25. The van der Waals surface area contributed by atoms with Crippen LogP contribution in [0.15, 0.2) is 71.7 Å². The lowest BCUT2D eigenvalue weighted by Crippen LogP contribution is -2.07. The van der Waals surface area contributed by atoms with Gasteiger partial charge in [0.15, 0.2) is 11.6 Å². The number of ether oxygens (including phenoxy) is 2. The van der Waals surface area contributed by atoms with Crippen LogP contribution in [0.1, 0.15) is 11.1 Å². The van der Waals surface area contributed by atoms with Crippen LogP contribution in [-0.4, -0.2) is 27.4 Å². The number of hydrogen-bond acceptors (Lipinski definition) is 4. The zero-order chi connectivity index (χ0) is 19.9. The highest BCUT2D eigenvalue weighted by atomic mass is 19.1. The average Bonchev–Trinajstić information content (AvgIpc) is 2.72. The molecule has 0 aliphatic rings. The average molecular weight is 378 g/mol. The largest absolute Gasteiger partial charge is 0.494 e. The molecule has 0 saturated carbocycles. The molecule has 3 aromatic rings. The number of anilines is 1. The van der Waals surface area contributed by atoms with Crippen molar-refractivity contribution in [2.24, 2.45) is 4.99 Å². The molecule has 0 atom stereocenters. The van der Waals surface area contributed by atoms with E-state index in [2.05, 4.69) is 4.99 Å². The van der Waals surface area contributed by atoms with Gasteiger partial charge < -0.3 is 14.4 Å². The Morgan fingerprint density at radius 3 is 2.43 bits per heavy atom. The highest BCUT2D eigenvalue weighted by Gasteiger charge is 2.06. The Balaban J connectivity index is 1.72. The first kappa shape index (κ1) is 19.4. The molecule has 28 heavy (non-hydrogen) atoms. The van der Waals surface area contributed by atoms with E-state index in [0.29, 0.717) is 12.4 Å². The van der Waals surface area contributed by atoms with Crippen LogP contribution in [0, 0.1) is 5.82 Å². The highest BCUT2D eigenvalue weighted by molar-refractivity contribution is 5.85. The van der Waals surface area contributed by atoms with Gasteiger partial charge in [-0.1, -0.05) is 18.2 Å². The number of para-hydroxylation sites is 1. The van der Waals surface area contributed by atoms with Crippen molar-refractivity contribution in [1.82, 2.24) is 0 Å². The molecule has 0 fully saturated rings. The summed E-state index contributed by atoms with van der Waals surface area (Å²) in [4.78, 5) is 6.58. The summed E-state index contributed by atoms with van der Waals surface area (Å²) >= 11 is 0. The molecule has 0 aliphatic carbocycles. The molecule has 0 saturated heterocycles. The predicted molar refractivity (Wildman–Crippen MR) is 112 cm³/mol. The molecule has 0 bridgehead atoms. The Morgan fingerprint density at radius 1 is 0.964 bits per heavy atom. The second-order valence-corrected chi connectivity index (χ2v) is 6.46. The lowest BCUT2D eigenvalue weighted by Gasteiger charge is -2.12. The van der Waals surface area contributed by atoms with Gasteiger partial charge in [-0.2, -0.15) is 0 Å². The highest BCUT2D eigenvalue weighted by Crippen LogP contribution is 2.23. The summed E-state index contributed by atoms with van der Waals surface area (Å²) in [6, 6.07) is 20.4. The van der Waals surface area contributed by atoms with Crippen molar-refractivity contribution in [2.45, 2.75) is 6.61 Å². The maximum absolute atomic E-state index is 13.5. The number of methoxy groups -OCH3 is 1. The Hall–Kier alpha value is -3.34. The van der Waals surface area contributed by atoms with Crippen LogP contribution in [0.5, 0.6) is 11.5 Å². The fraction of sp³-hybridized carbons (Fsp3) is 0.174. The third-order valence-corrected chi connectivity index (χ3v) is 4.25. The summed E-state index contributed by atoms with van der Waals surface area (Å²) in [7, 11) is 5.45. The summed E-state index contributed by atoms with van der Waals surface area (Å²) in [6.45, 7) is 0.305. The minimum atomic E-state index is -0.390. The standard InChI is InChI=1S/C23H23FN2O2/c1-26(2)20-11-9-19(10-12-20)25-15-18-6-4-5-7-22(18)28-16-17-8-13-21(24)23(14-17)27-3/h4-15H,16H2,1-3H3. The monoisotopic (exact) mass is 378 g/mol. The molecular formula is C23H23FN2O2. The number of nitrogens with zero attached hydrogens (tertiary/aromatic N) is 2. The van der Waals surface area contributed by atoms with E-state index in [9.17, 15) is 4.39 Å². The second-order valence-electron chi connectivity index (χ2n) is 6.46. The molecule has 4 nitrogen and oxygen atoms in total. The molecule has 144 valence electrons. The fourth-order valence-electron chi connectivity index (χ4n) is 2.65. The van der Waals surface area contributed by atoms with E-state index >= 15 is 0 Å². The Morgan fingerprint density at radius 2 is 1.71 bits per heavy atom. The van der Waals surface area contributed by atoms with Gasteiger partial charge in [-0.3, -0.25) is 4.99 Å². The van der Waals surface area contributed by atoms with Gasteiger partial charge in [0.25, 0.3) is 0 Å². The SMILES string of the molecule is COc1cc(COc2ccccc2C=Nc2ccc(N(C)C)cc2)ccc1F. The number of benzene rings is 3. The predicted octanol–water partition coefficient (Wildman–Crippen LogP) is 5.23. The van der Waals surface area contributed by atoms with Crippen LogP contribution in [-0.2, 0) is 6.61 Å². The molecule has 0 spiro atoms.